The first-order chi connectivity index (χ1) is 9.88. The van der Waals surface area contributed by atoms with Crippen molar-refractivity contribution in [2.24, 2.45) is 0 Å². The number of hydrogen-bond acceptors (Lipinski definition) is 4. The average Bonchev–Trinajstić information content (AvgIpc) is 2.43. The van der Waals surface area contributed by atoms with E-state index in [1.165, 1.54) is 38.5 Å². The van der Waals surface area contributed by atoms with E-state index in [-0.39, 0.29) is 0 Å². The van der Waals surface area contributed by atoms with Crippen molar-refractivity contribution >= 4 is 0 Å². The normalized spacial score (nSPS) is 24.3. The van der Waals surface area contributed by atoms with Crippen molar-refractivity contribution < 1.29 is 14.2 Å². The molecule has 1 fully saturated rings. The van der Waals surface area contributed by atoms with Crippen molar-refractivity contribution in [2.75, 3.05) is 40.1 Å². The molecule has 0 saturated heterocycles. The van der Waals surface area contributed by atoms with Crippen molar-refractivity contribution in [1.29, 1.82) is 0 Å². The summed E-state index contributed by atoms with van der Waals surface area (Å²) in [6, 6.07) is 0.537. The molecule has 20 heavy (non-hydrogen) atoms. The van der Waals surface area contributed by atoms with Crippen LogP contribution in [0.15, 0.2) is 0 Å². The highest BCUT2D eigenvalue weighted by molar-refractivity contribution is 4.79. The number of nitrogens with one attached hydrogen (secondary N) is 1. The van der Waals surface area contributed by atoms with Gasteiger partial charge in [-0.3, -0.25) is 0 Å². The maximum absolute atomic E-state index is 6.12. The zero-order valence-electron chi connectivity index (χ0n) is 13.4. The van der Waals surface area contributed by atoms with Gasteiger partial charge in [0.1, 0.15) is 0 Å². The van der Waals surface area contributed by atoms with E-state index in [4.69, 9.17) is 14.2 Å². The van der Waals surface area contributed by atoms with Gasteiger partial charge < -0.3 is 19.5 Å². The molecule has 4 heteroatoms. The van der Waals surface area contributed by atoms with E-state index in [2.05, 4.69) is 12.2 Å². The fraction of sp³-hybridized carbons (Fsp3) is 1.00. The highest BCUT2D eigenvalue weighted by atomic mass is 16.5. The summed E-state index contributed by atoms with van der Waals surface area (Å²) in [5, 5.41) is 3.60. The molecule has 0 heterocycles. The molecule has 4 nitrogen and oxygen atoms in total. The van der Waals surface area contributed by atoms with Gasteiger partial charge >= 0.3 is 0 Å². The summed E-state index contributed by atoms with van der Waals surface area (Å²) in [5.74, 6) is 0. The summed E-state index contributed by atoms with van der Waals surface area (Å²) < 4.78 is 16.5. The second-order valence-corrected chi connectivity index (χ2v) is 5.52. The summed E-state index contributed by atoms with van der Waals surface area (Å²) in [4.78, 5) is 0. The third kappa shape index (κ3) is 8.20. The Morgan fingerprint density at radius 2 is 1.75 bits per heavy atom. The SMILES string of the molecule is CCNC1CCCCCCC1OCCCOCCOC. The lowest BCUT2D eigenvalue weighted by Gasteiger charge is -2.30. The Kier molecular flexibility index (Phi) is 11.2. The molecule has 0 aromatic heterocycles. The smallest absolute Gasteiger partial charge is 0.0728 e. The van der Waals surface area contributed by atoms with Crippen LogP contribution in [0.3, 0.4) is 0 Å². The van der Waals surface area contributed by atoms with E-state index >= 15 is 0 Å². The lowest BCUT2D eigenvalue weighted by Crippen LogP contribution is -2.42. The van der Waals surface area contributed by atoms with Crippen LogP contribution in [0.2, 0.25) is 0 Å². The molecule has 0 aromatic carbocycles. The summed E-state index contributed by atoms with van der Waals surface area (Å²) in [7, 11) is 1.70. The Hall–Kier alpha value is -0.160. The van der Waals surface area contributed by atoms with Gasteiger partial charge in [-0.2, -0.15) is 0 Å². The highest BCUT2D eigenvalue weighted by Crippen LogP contribution is 2.20. The summed E-state index contributed by atoms with van der Waals surface area (Å²) in [6.45, 7) is 6.14. The van der Waals surface area contributed by atoms with Crippen LogP contribution < -0.4 is 5.32 Å². The van der Waals surface area contributed by atoms with Gasteiger partial charge in [-0.25, -0.2) is 0 Å². The van der Waals surface area contributed by atoms with Crippen LogP contribution in [-0.4, -0.2) is 52.2 Å². The van der Waals surface area contributed by atoms with E-state index in [0.717, 1.165) is 26.2 Å². The van der Waals surface area contributed by atoms with Crippen molar-refractivity contribution in [3.8, 4) is 0 Å². The predicted octanol–water partition coefficient (Wildman–Crippen LogP) is 2.76. The Morgan fingerprint density at radius 3 is 2.50 bits per heavy atom. The number of rotatable bonds is 10. The maximum Gasteiger partial charge on any atom is 0.0728 e. The summed E-state index contributed by atoms with van der Waals surface area (Å²) in [5.41, 5.74) is 0. The maximum atomic E-state index is 6.12. The van der Waals surface area contributed by atoms with Gasteiger partial charge in [0.15, 0.2) is 0 Å². The van der Waals surface area contributed by atoms with Crippen LogP contribution in [0, 0.1) is 0 Å². The van der Waals surface area contributed by atoms with E-state index < -0.39 is 0 Å². The fourth-order valence-corrected chi connectivity index (χ4v) is 2.79. The van der Waals surface area contributed by atoms with Gasteiger partial charge in [-0.1, -0.05) is 32.6 Å². The molecule has 0 bridgehead atoms. The van der Waals surface area contributed by atoms with Gasteiger partial charge in [0.05, 0.1) is 19.3 Å². The Balaban J connectivity index is 2.15. The van der Waals surface area contributed by atoms with Gasteiger partial charge in [-0.15, -0.1) is 0 Å². The zero-order chi connectivity index (χ0) is 14.5. The highest BCUT2D eigenvalue weighted by Gasteiger charge is 2.22. The Bertz CT molecular complexity index is 214. The number of hydrogen-bond donors (Lipinski definition) is 1. The molecule has 2 unspecified atom stereocenters. The fourth-order valence-electron chi connectivity index (χ4n) is 2.79. The van der Waals surface area contributed by atoms with E-state index in [0.29, 0.717) is 25.4 Å². The molecule has 0 spiro atoms. The van der Waals surface area contributed by atoms with Crippen LogP contribution in [0.5, 0.6) is 0 Å². The van der Waals surface area contributed by atoms with Gasteiger partial charge in [0.2, 0.25) is 0 Å². The molecular formula is C16H33NO3. The molecular weight excluding hydrogens is 254 g/mol. The largest absolute Gasteiger partial charge is 0.382 e. The number of likely N-dealkylation sites (N-methyl/N-ethyl adjacent to an activating group) is 1. The van der Waals surface area contributed by atoms with E-state index in [9.17, 15) is 0 Å². The van der Waals surface area contributed by atoms with Crippen LogP contribution >= 0.6 is 0 Å². The first-order valence-corrected chi connectivity index (χ1v) is 8.30. The molecule has 1 aliphatic rings. The standard InChI is InChI=1S/C16H33NO3/c1-3-17-15-9-6-4-5-7-10-16(15)20-12-8-11-19-14-13-18-2/h15-17H,3-14H2,1-2H3. The minimum Gasteiger partial charge on any atom is -0.382 e. The zero-order valence-corrected chi connectivity index (χ0v) is 13.4. The monoisotopic (exact) mass is 287 g/mol. The first kappa shape index (κ1) is 17.9. The van der Waals surface area contributed by atoms with Crippen molar-refractivity contribution in [1.82, 2.24) is 5.32 Å². The Morgan fingerprint density at radius 1 is 0.950 bits per heavy atom. The molecule has 2 atom stereocenters. The van der Waals surface area contributed by atoms with Crippen molar-refractivity contribution in [3.05, 3.63) is 0 Å². The molecule has 1 aliphatic carbocycles. The quantitative estimate of drug-likeness (QED) is 0.627. The van der Waals surface area contributed by atoms with Crippen molar-refractivity contribution in [2.45, 2.75) is 64.0 Å². The number of methoxy groups -OCH3 is 1. The van der Waals surface area contributed by atoms with Crippen LogP contribution in [0.4, 0.5) is 0 Å². The minimum atomic E-state index is 0.384. The molecule has 0 aromatic rings. The van der Waals surface area contributed by atoms with Crippen LogP contribution in [0.25, 0.3) is 0 Å². The summed E-state index contributed by atoms with van der Waals surface area (Å²) >= 11 is 0. The number of ether oxygens (including phenoxy) is 3. The van der Waals surface area contributed by atoms with Gasteiger partial charge in [0, 0.05) is 26.4 Å². The molecule has 1 N–H and O–H groups in total. The predicted molar refractivity (Wildman–Crippen MR) is 82.2 cm³/mol. The minimum absolute atomic E-state index is 0.384. The van der Waals surface area contributed by atoms with E-state index in [1.54, 1.807) is 7.11 Å². The second-order valence-electron chi connectivity index (χ2n) is 5.52. The van der Waals surface area contributed by atoms with Crippen molar-refractivity contribution in [3.63, 3.8) is 0 Å². The van der Waals surface area contributed by atoms with Crippen LogP contribution in [0.1, 0.15) is 51.9 Å². The molecule has 1 saturated carbocycles. The lowest BCUT2D eigenvalue weighted by atomic mass is 9.94. The van der Waals surface area contributed by atoms with Gasteiger partial charge in [-0.05, 0) is 25.8 Å². The molecule has 0 amide bonds. The third-order valence-electron chi connectivity index (χ3n) is 3.87. The van der Waals surface area contributed by atoms with Crippen LogP contribution in [-0.2, 0) is 14.2 Å². The third-order valence-corrected chi connectivity index (χ3v) is 3.87. The lowest BCUT2D eigenvalue weighted by molar-refractivity contribution is -0.00201. The average molecular weight is 287 g/mol. The Labute approximate surface area is 124 Å². The van der Waals surface area contributed by atoms with Gasteiger partial charge in [0.25, 0.3) is 0 Å². The molecule has 120 valence electrons. The second kappa shape index (κ2) is 12.6. The van der Waals surface area contributed by atoms with E-state index in [1.807, 2.05) is 0 Å². The molecule has 0 radical (unpaired) electrons. The first-order valence-electron chi connectivity index (χ1n) is 8.30. The topological polar surface area (TPSA) is 39.7 Å². The molecule has 0 aliphatic heterocycles. The molecule has 1 rings (SSSR count). The summed E-state index contributed by atoms with van der Waals surface area (Å²) in [6.07, 6.45) is 9.17.